The Morgan fingerprint density at radius 2 is 2.29 bits per heavy atom. The number of likely N-dealkylation sites (N-methyl/N-ethyl adjacent to an activating group) is 1. The zero-order chi connectivity index (χ0) is 15.0. The maximum absolute atomic E-state index is 12.3. The summed E-state index contributed by atoms with van der Waals surface area (Å²) in [6.45, 7) is 0. The van der Waals surface area contributed by atoms with Crippen LogP contribution in [0.4, 0.5) is 5.13 Å². The van der Waals surface area contributed by atoms with Crippen molar-refractivity contribution in [2.75, 3.05) is 11.9 Å². The average Bonchev–Trinajstić information content (AvgIpc) is 3.03. The summed E-state index contributed by atoms with van der Waals surface area (Å²) in [6.07, 6.45) is 3.84. The van der Waals surface area contributed by atoms with Gasteiger partial charge >= 0.3 is 0 Å². The van der Waals surface area contributed by atoms with Crippen LogP contribution in [0.1, 0.15) is 5.56 Å². The van der Waals surface area contributed by atoms with Crippen molar-refractivity contribution in [3.05, 3.63) is 41.2 Å². The molecule has 1 aromatic carbocycles. The standard InChI is InChI=1S/C14H13ClN4OS/c1-18-8-9(7-16-18)5-13(20)19(2)14-17-11-4-3-10(15)6-12(11)21-14/h3-4,6-8H,5H2,1-2H3. The first-order chi connectivity index (χ1) is 10.0. The van der Waals surface area contributed by atoms with Crippen molar-refractivity contribution in [2.45, 2.75) is 6.42 Å². The van der Waals surface area contributed by atoms with Gasteiger partial charge in [-0.2, -0.15) is 5.10 Å². The minimum absolute atomic E-state index is 0.0202. The summed E-state index contributed by atoms with van der Waals surface area (Å²) in [5.41, 5.74) is 1.74. The van der Waals surface area contributed by atoms with Crippen LogP contribution < -0.4 is 4.90 Å². The number of halogens is 1. The first-order valence-electron chi connectivity index (χ1n) is 6.33. The Balaban J connectivity index is 1.82. The monoisotopic (exact) mass is 320 g/mol. The highest BCUT2D eigenvalue weighted by molar-refractivity contribution is 7.22. The van der Waals surface area contributed by atoms with Gasteiger partial charge < -0.3 is 0 Å². The molecular weight excluding hydrogens is 308 g/mol. The van der Waals surface area contributed by atoms with Crippen LogP contribution in [-0.4, -0.2) is 27.7 Å². The molecule has 1 amide bonds. The van der Waals surface area contributed by atoms with E-state index in [9.17, 15) is 4.79 Å². The number of amides is 1. The molecule has 21 heavy (non-hydrogen) atoms. The van der Waals surface area contributed by atoms with Crippen LogP contribution >= 0.6 is 22.9 Å². The van der Waals surface area contributed by atoms with Crippen molar-refractivity contribution in [3.8, 4) is 0 Å². The predicted molar refractivity (Wildman–Crippen MR) is 85.0 cm³/mol. The third kappa shape index (κ3) is 2.91. The summed E-state index contributed by atoms with van der Waals surface area (Å²) in [7, 11) is 3.56. The second kappa shape index (κ2) is 5.46. The number of nitrogens with zero attached hydrogens (tertiary/aromatic N) is 4. The first kappa shape index (κ1) is 14.0. The number of rotatable bonds is 3. The van der Waals surface area contributed by atoms with Crippen molar-refractivity contribution < 1.29 is 4.79 Å². The number of benzene rings is 1. The molecular formula is C14H13ClN4OS. The van der Waals surface area contributed by atoms with E-state index >= 15 is 0 Å². The van der Waals surface area contributed by atoms with Gasteiger partial charge in [0.25, 0.3) is 0 Å². The molecule has 0 unspecified atom stereocenters. The molecule has 3 aromatic rings. The van der Waals surface area contributed by atoms with Crippen LogP contribution in [0, 0.1) is 0 Å². The Kier molecular flexibility index (Phi) is 3.65. The Morgan fingerprint density at radius 1 is 1.48 bits per heavy atom. The van der Waals surface area contributed by atoms with E-state index in [2.05, 4.69) is 10.1 Å². The van der Waals surface area contributed by atoms with Gasteiger partial charge in [-0.15, -0.1) is 0 Å². The molecule has 0 aliphatic rings. The fourth-order valence-electron chi connectivity index (χ4n) is 1.99. The lowest BCUT2D eigenvalue weighted by Gasteiger charge is -2.12. The van der Waals surface area contributed by atoms with Gasteiger partial charge in [-0.25, -0.2) is 4.98 Å². The first-order valence-corrected chi connectivity index (χ1v) is 7.52. The van der Waals surface area contributed by atoms with E-state index in [4.69, 9.17) is 11.6 Å². The molecule has 0 radical (unpaired) electrons. The lowest BCUT2D eigenvalue weighted by atomic mass is 10.2. The maximum atomic E-state index is 12.3. The smallest absolute Gasteiger partial charge is 0.233 e. The second-order valence-corrected chi connectivity index (χ2v) is 6.21. The van der Waals surface area contributed by atoms with Crippen LogP contribution in [-0.2, 0) is 18.3 Å². The molecule has 108 valence electrons. The molecule has 0 aliphatic carbocycles. The normalized spacial score (nSPS) is 11.0. The van der Waals surface area contributed by atoms with Gasteiger partial charge in [0.1, 0.15) is 0 Å². The zero-order valence-electron chi connectivity index (χ0n) is 11.6. The van der Waals surface area contributed by atoms with Gasteiger partial charge in [0.05, 0.1) is 22.8 Å². The van der Waals surface area contributed by atoms with Crippen molar-refractivity contribution >= 4 is 44.2 Å². The largest absolute Gasteiger partial charge is 0.291 e. The predicted octanol–water partition coefficient (Wildman–Crippen LogP) is 2.89. The molecule has 5 nitrogen and oxygen atoms in total. The van der Waals surface area contributed by atoms with Crippen LogP contribution in [0.3, 0.4) is 0 Å². The Labute approximate surface area is 130 Å². The van der Waals surface area contributed by atoms with Crippen molar-refractivity contribution in [1.82, 2.24) is 14.8 Å². The maximum Gasteiger partial charge on any atom is 0.233 e. The van der Waals surface area contributed by atoms with Gasteiger partial charge in [-0.05, 0) is 23.8 Å². The zero-order valence-corrected chi connectivity index (χ0v) is 13.1. The number of fused-ring (bicyclic) bond motifs is 1. The minimum atomic E-state index is -0.0202. The molecule has 7 heteroatoms. The average molecular weight is 321 g/mol. The van der Waals surface area contributed by atoms with Crippen molar-refractivity contribution in [1.29, 1.82) is 0 Å². The van der Waals surface area contributed by atoms with E-state index in [-0.39, 0.29) is 5.91 Å². The number of hydrogen-bond acceptors (Lipinski definition) is 4. The molecule has 0 saturated heterocycles. The Morgan fingerprint density at radius 3 is 3.00 bits per heavy atom. The van der Waals surface area contributed by atoms with Crippen LogP contribution in [0.5, 0.6) is 0 Å². The molecule has 0 saturated carbocycles. The SMILES string of the molecule is CN(C(=O)Cc1cnn(C)c1)c1nc2ccc(Cl)cc2s1. The van der Waals surface area contributed by atoms with E-state index in [1.54, 1.807) is 28.9 Å². The number of hydrogen-bond donors (Lipinski definition) is 0. The molecule has 0 atom stereocenters. The quantitative estimate of drug-likeness (QED) is 0.745. The van der Waals surface area contributed by atoms with Gasteiger partial charge in [-0.3, -0.25) is 14.4 Å². The Hall–Kier alpha value is -1.92. The molecule has 3 rings (SSSR count). The van der Waals surface area contributed by atoms with Crippen LogP contribution in [0.25, 0.3) is 10.2 Å². The number of anilines is 1. The van der Waals surface area contributed by atoms with Gasteiger partial charge in [0, 0.05) is 25.3 Å². The third-order valence-corrected chi connectivity index (χ3v) is 4.44. The number of aromatic nitrogens is 3. The van der Waals surface area contributed by atoms with E-state index in [0.717, 1.165) is 15.8 Å². The summed E-state index contributed by atoms with van der Waals surface area (Å²) < 4.78 is 2.65. The second-order valence-electron chi connectivity index (χ2n) is 4.76. The molecule has 2 heterocycles. The molecule has 0 spiro atoms. The lowest BCUT2D eigenvalue weighted by Crippen LogP contribution is -2.27. The van der Waals surface area contributed by atoms with E-state index < -0.39 is 0 Å². The lowest BCUT2D eigenvalue weighted by molar-refractivity contribution is -0.117. The highest BCUT2D eigenvalue weighted by Crippen LogP contribution is 2.30. The summed E-state index contributed by atoms with van der Waals surface area (Å²) in [4.78, 5) is 18.3. The number of aryl methyl sites for hydroxylation is 1. The molecule has 2 aromatic heterocycles. The Bertz CT molecular complexity index is 810. The van der Waals surface area contributed by atoms with Crippen molar-refractivity contribution in [2.24, 2.45) is 7.05 Å². The van der Waals surface area contributed by atoms with Gasteiger partial charge in [0.2, 0.25) is 5.91 Å². The van der Waals surface area contributed by atoms with E-state index in [1.807, 2.05) is 25.4 Å². The third-order valence-electron chi connectivity index (χ3n) is 3.11. The fourth-order valence-corrected chi connectivity index (χ4v) is 3.21. The minimum Gasteiger partial charge on any atom is -0.291 e. The summed E-state index contributed by atoms with van der Waals surface area (Å²) in [6, 6.07) is 5.51. The highest BCUT2D eigenvalue weighted by atomic mass is 35.5. The number of carbonyl (C=O) groups is 1. The fraction of sp³-hybridized carbons (Fsp3) is 0.214. The van der Waals surface area contributed by atoms with Gasteiger partial charge in [-0.1, -0.05) is 22.9 Å². The summed E-state index contributed by atoms with van der Waals surface area (Å²) in [5.74, 6) is -0.0202. The molecule has 0 bridgehead atoms. The highest BCUT2D eigenvalue weighted by Gasteiger charge is 2.16. The molecule has 0 fully saturated rings. The van der Waals surface area contributed by atoms with Crippen LogP contribution in [0.2, 0.25) is 5.02 Å². The summed E-state index contributed by atoms with van der Waals surface area (Å²) in [5, 5.41) is 5.40. The van der Waals surface area contributed by atoms with Crippen molar-refractivity contribution in [3.63, 3.8) is 0 Å². The van der Waals surface area contributed by atoms with E-state index in [0.29, 0.717) is 16.6 Å². The number of carbonyl (C=O) groups excluding carboxylic acids is 1. The molecule has 0 N–H and O–H groups in total. The molecule has 0 aliphatic heterocycles. The van der Waals surface area contributed by atoms with Gasteiger partial charge in [0.15, 0.2) is 5.13 Å². The topological polar surface area (TPSA) is 51.0 Å². The van der Waals surface area contributed by atoms with E-state index in [1.165, 1.54) is 11.3 Å². The summed E-state index contributed by atoms with van der Waals surface area (Å²) >= 11 is 7.42. The van der Waals surface area contributed by atoms with Crippen LogP contribution in [0.15, 0.2) is 30.6 Å². The number of thiazole rings is 1.